The standard InChI is InChI=1S/C23H34N6O2/c1-28(2)23(18-7-5-4-6-8-18)11-9-22(10-12-23)17-29(21(30)27-22)19-15-25-20(26-16-19)24-13-14-31-3/h4-8,15-16,21,27,30H,9-14,17H2,1-3H3,(H,24,25,26). The molecule has 1 unspecified atom stereocenters. The number of aliphatic hydroxyl groups is 1. The average Bonchev–Trinajstić information content (AvgIpc) is 3.11. The Balaban J connectivity index is 1.44. The summed E-state index contributed by atoms with van der Waals surface area (Å²) in [6, 6.07) is 10.8. The van der Waals surface area contributed by atoms with Crippen LogP contribution in [-0.4, -0.2) is 72.8 Å². The number of aromatic nitrogens is 2. The third-order valence-electron chi connectivity index (χ3n) is 6.96. The lowest BCUT2D eigenvalue weighted by Gasteiger charge is -2.49. The minimum absolute atomic E-state index is 0.0329. The molecule has 31 heavy (non-hydrogen) atoms. The average molecular weight is 427 g/mol. The van der Waals surface area contributed by atoms with Crippen LogP contribution < -0.4 is 15.5 Å². The van der Waals surface area contributed by atoms with Crippen molar-refractivity contribution in [2.45, 2.75) is 43.1 Å². The Morgan fingerprint density at radius 3 is 2.45 bits per heavy atom. The van der Waals surface area contributed by atoms with E-state index in [0.29, 0.717) is 19.1 Å². The van der Waals surface area contributed by atoms with E-state index in [1.807, 2.05) is 4.90 Å². The van der Waals surface area contributed by atoms with E-state index in [2.05, 4.69) is 69.9 Å². The maximum atomic E-state index is 10.8. The van der Waals surface area contributed by atoms with Crippen LogP contribution in [0.3, 0.4) is 0 Å². The van der Waals surface area contributed by atoms with E-state index in [0.717, 1.165) is 37.9 Å². The fraction of sp³-hybridized carbons (Fsp3) is 0.565. The van der Waals surface area contributed by atoms with E-state index in [4.69, 9.17) is 4.74 Å². The number of aliphatic hydroxyl groups excluding tert-OH is 1. The minimum atomic E-state index is -0.737. The molecule has 0 bridgehead atoms. The summed E-state index contributed by atoms with van der Waals surface area (Å²) >= 11 is 0. The zero-order valence-corrected chi connectivity index (χ0v) is 18.7. The molecule has 1 aliphatic carbocycles. The molecule has 8 heteroatoms. The van der Waals surface area contributed by atoms with Crippen LogP contribution >= 0.6 is 0 Å². The van der Waals surface area contributed by atoms with Crippen molar-refractivity contribution in [1.82, 2.24) is 20.2 Å². The van der Waals surface area contributed by atoms with Crippen LogP contribution in [0.5, 0.6) is 0 Å². The second-order valence-corrected chi connectivity index (χ2v) is 8.90. The zero-order chi connectivity index (χ0) is 21.9. The van der Waals surface area contributed by atoms with Gasteiger partial charge in [0.2, 0.25) is 5.95 Å². The van der Waals surface area contributed by atoms with Crippen molar-refractivity contribution in [2.75, 3.05) is 51.1 Å². The van der Waals surface area contributed by atoms with Gasteiger partial charge in [-0.15, -0.1) is 0 Å². The topological polar surface area (TPSA) is 85.8 Å². The summed E-state index contributed by atoms with van der Waals surface area (Å²) in [6.45, 7) is 1.99. The van der Waals surface area contributed by atoms with Crippen molar-refractivity contribution >= 4 is 11.6 Å². The molecule has 1 saturated heterocycles. The Hall–Kier alpha value is -2.26. The first-order valence-corrected chi connectivity index (χ1v) is 11.0. The normalized spacial score (nSPS) is 28.4. The molecule has 2 heterocycles. The van der Waals surface area contributed by atoms with E-state index in [9.17, 15) is 5.11 Å². The van der Waals surface area contributed by atoms with Crippen LogP contribution in [0.2, 0.25) is 0 Å². The van der Waals surface area contributed by atoms with Crippen LogP contribution in [0.25, 0.3) is 0 Å². The van der Waals surface area contributed by atoms with Gasteiger partial charge in [-0.2, -0.15) is 0 Å². The molecule has 1 spiro atoms. The Morgan fingerprint density at radius 1 is 1.16 bits per heavy atom. The summed E-state index contributed by atoms with van der Waals surface area (Å²) in [5.41, 5.74) is 2.12. The number of hydrogen-bond acceptors (Lipinski definition) is 8. The second-order valence-electron chi connectivity index (χ2n) is 8.90. The third kappa shape index (κ3) is 4.39. The first kappa shape index (κ1) is 22.0. The van der Waals surface area contributed by atoms with E-state index in [-0.39, 0.29) is 11.1 Å². The molecule has 4 rings (SSSR count). The summed E-state index contributed by atoms with van der Waals surface area (Å²) in [5, 5.41) is 17.4. The predicted octanol–water partition coefficient (Wildman–Crippen LogP) is 1.99. The summed E-state index contributed by atoms with van der Waals surface area (Å²) in [6.07, 6.45) is 6.86. The maximum Gasteiger partial charge on any atom is 0.222 e. The quantitative estimate of drug-likeness (QED) is 0.580. The van der Waals surface area contributed by atoms with Crippen molar-refractivity contribution in [2.24, 2.45) is 0 Å². The van der Waals surface area contributed by atoms with Crippen LogP contribution in [-0.2, 0) is 10.3 Å². The van der Waals surface area contributed by atoms with Gasteiger partial charge in [0.25, 0.3) is 0 Å². The minimum Gasteiger partial charge on any atom is -0.383 e. The molecule has 1 aromatic carbocycles. The lowest BCUT2D eigenvalue weighted by atomic mass is 9.69. The fourth-order valence-electron chi connectivity index (χ4n) is 5.06. The lowest BCUT2D eigenvalue weighted by Crippen LogP contribution is -2.54. The first-order valence-electron chi connectivity index (χ1n) is 11.0. The second kappa shape index (κ2) is 9.08. The van der Waals surface area contributed by atoms with Crippen LogP contribution in [0.1, 0.15) is 31.2 Å². The van der Waals surface area contributed by atoms with Gasteiger partial charge in [-0.1, -0.05) is 30.3 Å². The molecule has 0 amide bonds. The van der Waals surface area contributed by atoms with Gasteiger partial charge in [0.1, 0.15) is 0 Å². The third-order valence-corrected chi connectivity index (χ3v) is 6.96. The molecule has 3 N–H and O–H groups in total. The Bertz CT molecular complexity index is 837. The molecule has 0 radical (unpaired) electrons. The summed E-state index contributed by atoms with van der Waals surface area (Å²) in [4.78, 5) is 13.1. The van der Waals surface area contributed by atoms with Gasteiger partial charge in [-0.25, -0.2) is 9.97 Å². The highest BCUT2D eigenvalue weighted by atomic mass is 16.5. The molecule has 1 saturated carbocycles. The van der Waals surface area contributed by atoms with Gasteiger partial charge in [0, 0.05) is 31.3 Å². The number of benzene rings is 1. The largest absolute Gasteiger partial charge is 0.383 e. The lowest BCUT2D eigenvalue weighted by molar-refractivity contribution is 0.0513. The molecule has 168 valence electrons. The van der Waals surface area contributed by atoms with Crippen molar-refractivity contribution < 1.29 is 9.84 Å². The number of anilines is 2. The van der Waals surface area contributed by atoms with Crippen molar-refractivity contribution in [3.8, 4) is 0 Å². The molecule has 1 aliphatic heterocycles. The van der Waals surface area contributed by atoms with Gasteiger partial charge in [0.15, 0.2) is 6.35 Å². The number of nitrogens with zero attached hydrogens (tertiary/aromatic N) is 4. The van der Waals surface area contributed by atoms with Crippen molar-refractivity contribution in [1.29, 1.82) is 0 Å². The Kier molecular flexibility index (Phi) is 6.43. The van der Waals surface area contributed by atoms with Crippen molar-refractivity contribution in [3.63, 3.8) is 0 Å². The van der Waals surface area contributed by atoms with Gasteiger partial charge in [0.05, 0.1) is 24.7 Å². The number of ether oxygens (including phenoxy) is 1. The zero-order valence-electron chi connectivity index (χ0n) is 18.7. The SMILES string of the molecule is COCCNc1ncc(N2CC3(CCC(c4ccccc4)(N(C)C)CC3)NC2O)cn1. The summed E-state index contributed by atoms with van der Waals surface area (Å²) < 4.78 is 5.03. The van der Waals surface area contributed by atoms with Gasteiger partial charge < -0.3 is 20.1 Å². The summed E-state index contributed by atoms with van der Waals surface area (Å²) in [5.74, 6) is 0.563. The van der Waals surface area contributed by atoms with Crippen LogP contribution in [0.4, 0.5) is 11.6 Å². The van der Waals surface area contributed by atoms with E-state index >= 15 is 0 Å². The van der Waals surface area contributed by atoms with Crippen LogP contribution in [0, 0.1) is 0 Å². The molecule has 2 aromatic rings. The molecule has 2 aliphatic rings. The predicted molar refractivity (Wildman–Crippen MR) is 122 cm³/mol. The Labute approximate surface area is 184 Å². The molecular weight excluding hydrogens is 392 g/mol. The molecule has 8 nitrogen and oxygen atoms in total. The summed E-state index contributed by atoms with van der Waals surface area (Å²) in [7, 11) is 6.01. The molecular formula is C23H34N6O2. The number of hydrogen-bond donors (Lipinski definition) is 3. The first-order chi connectivity index (χ1) is 15.0. The monoisotopic (exact) mass is 426 g/mol. The van der Waals surface area contributed by atoms with E-state index in [1.54, 1.807) is 19.5 Å². The highest BCUT2D eigenvalue weighted by molar-refractivity contribution is 5.47. The van der Waals surface area contributed by atoms with E-state index in [1.165, 1.54) is 5.56 Å². The highest BCUT2D eigenvalue weighted by Gasteiger charge is 2.50. The van der Waals surface area contributed by atoms with Gasteiger partial charge in [-0.3, -0.25) is 10.2 Å². The van der Waals surface area contributed by atoms with E-state index < -0.39 is 6.35 Å². The number of rotatable bonds is 7. The fourth-order valence-corrected chi connectivity index (χ4v) is 5.06. The smallest absolute Gasteiger partial charge is 0.222 e. The maximum absolute atomic E-state index is 10.8. The van der Waals surface area contributed by atoms with Crippen LogP contribution in [0.15, 0.2) is 42.7 Å². The Morgan fingerprint density at radius 2 is 1.84 bits per heavy atom. The molecule has 1 aromatic heterocycles. The number of nitrogens with one attached hydrogen (secondary N) is 2. The number of methoxy groups -OCH3 is 1. The van der Waals surface area contributed by atoms with Gasteiger partial charge in [-0.05, 0) is 45.3 Å². The highest BCUT2D eigenvalue weighted by Crippen LogP contribution is 2.46. The van der Waals surface area contributed by atoms with Crippen molar-refractivity contribution in [3.05, 3.63) is 48.3 Å². The molecule has 1 atom stereocenters. The van der Waals surface area contributed by atoms with Gasteiger partial charge >= 0.3 is 0 Å². The molecule has 2 fully saturated rings.